The Hall–Kier alpha value is -2.69. The number of hydrogen-bond donors (Lipinski definition) is 1. The Labute approximate surface area is 155 Å². The minimum absolute atomic E-state index is 0.238. The number of unbranched alkanes of at least 4 members (excludes halogenated alkanes) is 3. The van der Waals surface area contributed by atoms with Crippen LogP contribution < -0.4 is 19.5 Å². The van der Waals surface area contributed by atoms with Gasteiger partial charge in [0.05, 0.1) is 26.4 Å². The summed E-state index contributed by atoms with van der Waals surface area (Å²) in [5, 5.41) is 2.87. The van der Waals surface area contributed by atoms with Crippen molar-refractivity contribution in [2.45, 2.75) is 32.6 Å². The van der Waals surface area contributed by atoms with E-state index in [0.717, 1.165) is 18.8 Å². The second-order valence-electron chi connectivity index (χ2n) is 5.95. The number of carbonyl (C=O) groups excluding carboxylic acids is 1. The Bertz CT molecular complexity index is 698. The summed E-state index contributed by atoms with van der Waals surface area (Å²) >= 11 is 0. The number of rotatable bonds is 10. The lowest BCUT2D eigenvalue weighted by atomic mass is 10.1. The van der Waals surface area contributed by atoms with Crippen molar-refractivity contribution in [3.05, 3.63) is 48.0 Å². The molecule has 1 amide bonds. The molecule has 0 bridgehead atoms. The van der Waals surface area contributed by atoms with Crippen LogP contribution in [-0.2, 0) is 0 Å². The minimum Gasteiger partial charge on any atom is -0.497 e. The monoisotopic (exact) mass is 357 g/mol. The average Bonchev–Trinajstić information content (AvgIpc) is 2.68. The van der Waals surface area contributed by atoms with E-state index < -0.39 is 0 Å². The molecule has 2 rings (SSSR count). The molecule has 26 heavy (non-hydrogen) atoms. The van der Waals surface area contributed by atoms with E-state index in [0.29, 0.717) is 22.7 Å². The van der Waals surface area contributed by atoms with Crippen LogP contribution in [0.25, 0.3) is 0 Å². The van der Waals surface area contributed by atoms with E-state index >= 15 is 0 Å². The van der Waals surface area contributed by atoms with Crippen molar-refractivity contribution in [1.29, 1.82) is 0 Å². The zero-order chi connectivity index (χ0) is 18.8. The lowest BCUT2D eigenvalue weighted by Gasteiger charge is -2.11. The molecular formula is C21H27NO4. The smallest absolute Gasteiger partial charge is 0.259 e. The molecule has 0 atom stereocenters. The van der Waals surface area contributed by atoms with Gasteiger partial charge < -0.3 is 19.5 Å². The summed E-state index contributed by atoms with van der Waals surface area (Å²) in [6, 6.07) is 12.5. The topological polar surface area (TPSA) is 56.8 Å². The average molecular weight is 357 g/mol. The molecule has 1 N–H and O–H groups in total. The lowest BCUT2D eigenvalue weighted by Crippen LogP contribution is -2.13. The molecular weight excluding hydrogens is 330 g/mol. The summed E-state index contributed by atoms with van der Waals surface area (Å²) < 4.78 is 16.1. The molecule has 0 saturated carbocycles. The van der Waals surface area contributed by atoms with Gasteiger partial charge in [0.25, 0.3) is 5.91 Å². The van der Waals surface area contributed by atoms with E-state index in [1.54, 1.807) is 25.3 Å². The number of methoxy groups -OCH3 is 2. The second kappa shape index (κ2) is 10.3. The first kappa shape index (κ1) is 19.6. The summed E-state index contributed by atoms with van der Waals surface area (Å²) in [5.41, 5.74) is 1.15. The van der Waals surface area contributed by atoms with Gasteiger partial charge in [0.1, 0.15) is 17.2 Å². The molecule has 0 aliphatic rings. The minimum atomic E-state index is -0.238. The van der Waals surface area contributed by atoms with E-state index in [4.69, 9.17) is 14.2 Å². The third-order valence-electron chi connectivity index (χ3n) is 4.03. The highest BCUT2D eigenvalue weighted by Gasteiger charge is 2.13. The zero-order valence-corrected chi connectivity index (χ0v) is 15.7. The molecule has 0 aromatic heterocycles. The molecule has 0 saturated heterocycles. The molecule has 0 spiro atoms. The number of nitrogens with one attached hydrogen (secondary N) is 1. The van der Waals surface area contributed by atoms with E-state index in [2.05, 4.69) is 12.2 Å². The summed E-state index contributed by atoms with van der Waals surface area (Å²) in [7, 11) is 3.10. The number of hydrogen-bond acceptors (Lipinski definition) is 4. The number of carbonyl (C=O) groups is 1. The predicted molar refractivity (Wildman–Crippen MR) is 104 cm³/mol. The molecule has 5 heteroatoms. The Morgan fingerprint density at radius 3 is 2.31 bits per heavy atom. The van der Waals surface area contributed by atoms with E-state index in [1.165, 1.54) is 26.4 Å². The van der Waals surface area contributed by atoms with Crippen LogP contribution in [0.15, 0.2) is 42.5 Å². The predicted octanol–water partition coefficient (Wildman–Crippen LogP) is 4.92. The maximum atomic E-state index is 12.5. The van der Waals surface area contributed by atoms with Crippen LogP contribution in [0.4, 0.5) is 5.69 Å². The van der Waals surface area contributed by atoms with Crippen molar-refractivity contribution in [3.63, 3.8) is 0 Å². The van der Waals surface area contributed by atoms with Crippen LogP contribution in [0.2, 0.25) is 0 Å². The first-order valence-electron chi connectivity index (χ1n) is 8.94. The van der Waals surface area contributed by atoms with Gasteiger partial charge in [-0.3, -0.25) is 4.79 Å². The van der Waals surface area contributed by atoms with Crippen LogP contribution in [0.1, 0.15) is 43.0 Å². The Balaban J connectivity index is 1.93. The van der Waals surface area contributed by atoms with Gasteiger partial charge in [-0.15, -0.1) is 0 Å². The van der Waals surface area contributed by atoms with Crippen molar-refractivity contribution in [3.8, 4) is 17.2 Å². The molecule has 0 radical (unpaired) electrons. The van der Waals surface area contributed by atoms with Gasteiger partial charge in [-0.05, 0) is 42.8 Å². The van der Waals surface area contributed by atoms with Crippen molar-refractivity contribution in [1.82, 2.24) is 0 Å². The van der Waals surface area contributed by atoms with Gasteiger partial charge in [0.2, 0.25) is 0 Å². The maximum Gasteiger partial charge on any atom is 0.259 e. The van der Waals surface area contributed by atoms with Crippen LogP contribution in [0.5, 0.6) is 17.2 Å². The van der Waals surface area contributed by atoms with Crippen molar-refractivity contribution in [2.24, 2.45) is 0 Å². The summed E-state index contributed by atoms with van der Waals surface area (Å²) in [6.45, 7) is 2.91. The Kier molecular flexibility index (Phi) is 7.80. The molecule has 2 aromatic rings. The fourth-order valence-corrected chi connectivity index (χ4v) is 2.54. The van der Waals surface area contributed by atoms with E-state index in [1.807, 2.05) is 24.3 Å². The second-order valence-corrected chi connectivity index (χ2v) is 5.95. The number of ether oxygens (including phenoxy) is 3. The Morgan fingerprint density at radius 1 is 0.923 bits per heavy atom. The standard InChI is InChI=1S/C21H27NO4/c1-4-5-6-7-14-26-17-10-8-16(9-11-17)22-21(23)19-13-12-18(24-2)15-20(19)25-3/h8-13,15H,4-7,14H2,1-3H3,(H,22,23). The molecule has 140 valence electrons. The highest BCUT2D eigenvalue weighted by atomic mass is 16.5. The van der Waals surface area contributed by atoms with E-state index in [-0.39, 0.29) is 5.91 Å². The third kappa shape index (κ3) is 5.69. The third-order valence-corrected chi connectivity index (χ3v) is 4.03. The Morgan fingerprint density at radius 2 is 1.65 bits per heavy atom. The van der Waals surface area contributed by atoms with Crippen LogP contribution >= 0.6 is 0 Å². The fourth-order valence-electron chi connectivity index (χ4n) is 2.54. The van der Waals surface area contributed by atoms with Crippen molar-refractivity contribution in [2.75, 3.05) is 26.1 Å². The quantitative estimate of drug-likeness (QED) is 0.614. The summed E-state index contributed by atoms with van der Waals surface area (Å²) in [4.78, 5) is 12.5. The molecule has 0 aliphatic heterocycles. The molecule has 0 aliphatic carbocycles. The van der Waals surface area contributed by atoms with Crippen molar-refractivity contribution >= 4 is 11.6 Å². The molecule has 5 nitrogen and oxygen atoms in total. The van der Waals surface area contributed by atoms with Gasteiger partial charge in [-0.2, -0.15) is 0 Å². The van der Waals surface area contributed by atoms with E-state index in [9.17, 15) is 4.79 Å². The summed E-state index contributed by atoms with van der Waals surface area (Å²) in [6.07, 6.45) is 4.70. The van der Waals surface area contributed by atoms with Gasteiger partial charge in [-0.1, -0.05) is 26.2 Å². The lowest BCUT2D eigenvalue weighted by molar-refractivity contribution is 0.102. The maximum absolute atomic E-state index is 12.5. The first-order chi connectivity index (χ1) is 12.7. The molecule has 0 unspecified atom stereocenters. The number of anilines is 1. The number of amides is 1. The normalized spacial score (nSPS) is 10.3. The fraction of sp³-hybridized carbons (Fsp3) is 0.381. The van der Waals surface area contributed by atoms with Gasteiger partial charge in [0, 0.05) is 11.8 Å². The van der Waals surface area contributed by atoms with Gasteiger partial charge in [-0.25, -0.2) is 0 Å². The van der Waals surface area contributed by atoms with Gasteiger partial charge in [0.15, 0.2) is 0 Å². The van der Waals surface area contributed by atoms with Crippen LogP contribution in [0.3, 0.4) is 0 Å². The molecule has 0 heterocycles. The SMILES string of the molecule is CCCCCCOc1ccc(NC(=O)c2ccc(OC)cc2OC)cc1. The number of benzene rings is 2. The first-order valence-corrected chi connectivity index (χ1v) is 8.94. The molecule has 2 aromatic carbocycles. The highest BCUT2D eigenvalue weighted by molar-refractivity contribution is 6.06. The molecule has 0 fully saturated rings. The van der Waals surface area contributed by atoms with Crippen molar-refractivity contribution < 1.29 is 19.0 Å². The summed E-state index contributed by atoms with van der Waals surface area (Å²) in [5.74, 6) is 1.67. The largest absolute Gasteiger partial charge is 0.497 e. The van der Waals surface area contributed by atoms with Crippen LogP contribution in [-0.4, -0.2) is 26.7 Å². The zero-order valence-electron chi connectivity index (χ0n) is 15.7. The van der Waals surface area contributed by atoms with Gasteiger partial charge >= 0.3 is 0 Å². The highest BCUT2D eigenvalue weighted by Crippen LogP contribution is 2.25. The van der Waals surface area contributed by atoms with Crippen LogP contribution in [0, 0.1) is 0 Å².